The van der Waals surface area contributed by atoms with Crippen molar-refractivity contribution in [1.29, 1.82) is 10.5 Å². The van der Waals surface area contributed by atoms with E-state index in [9.17, 15) is 8.42 Å². The molecule has 2 amide bonds. The number of primary amides is 2. The molecule has 1 radical (unpaired) electrons. The van der Waals surface area contributed by atoms with Crippen LogP contribution in [0.5, 0.6) is 0 Å². The molecule has 0 atom stereocenters. The Morgan fingerprint density at radius 1 is 0.903 bits per heavy atom. The average molecular weight is 555 g/mol. The van der Waals surface area contributed by atoms with E-state index < -0.39 is 16.1 Å². The summed E-state index contributed by atoms with van der Waals surface area (Å²) in [5, 5.41) is 17.2. The molecular weight excluding hydrogens is 543 g/mol. The van der Waals surface area contributed by atoms with Gasteiger partial charge in [-0.1, -0.05) is 64.1 Å². The Labute approximate surface area is 226 Å². The molecule has 161 valence electrons. The Morgan fingerprint density at radius 3 is 1.55 bits per heavy atom. The van der Waals surface area contributed by atoms with Crippen LogP contribution in [-0.2, 0) is 10.0 Å². The first-order valence-corrected chi connectivity index (χ1v) is 10.6. The second-order valence-electron chi connectivity index (χ2n) is 5.03. The van der Waals surface area contributed by atoms with E-state index in [0.717, 1.165) is 5.56 Å². The van der Waals surface area contributed by atoms with Crippen molar-refractivity contribution in [3.05, 3.63) is 61.0 Å². The number of aryl methyl sites for hydroxylation is 1. The number of halogens is 5. The van der Waals surface area contributed by atoms with E-state index in [1.165, 1.54) is 12.1 Å². The molecule has 0 aliphatic heterocycles. The summed E-state index contributed by atoms with van der Waals surface area (Å²) in [5.41, 5.74) is 9.42. The van der Waals surface area contributed by atoms with Gasteiger partial charge in [0.2, 0.25) is 0 Å². The van der Waals surface area contributed by atoms with Gasteiger partial charge < -0.3 is 11.5 Å². The van der Waals surface area contributed by atoms with Crippen LogP contribution in [0.25, 0.3) is 0 Å². The zero-order chi connectivity index (χ0) is 23.6. The van der Waals surface area contributed by atoms with E-state index in [1.54, 1.807) is 28.5 Å². The van der Waals surface area contributed by atoms with Crippen molar-refractivity contribution in [3.8, 4) is 12.1 Å². The topological polar surface area (TPSA) is 163 Å². The summed E-state index contributed by atoms with van der Waals surface area (Å²) >= 11 is 27.8. The van der Waals surface area contributed by atoms with Gasteiger partial charge >= 0.3 is 6.03 Å². The fourth-order valence-corrected chi connectivity index (χ4v) is 3.51. The average Bonchev–Trinajstić information content (AvgIpc) is 2.68. The molecule has 15 heteroatoms. The van der Waals surface area contributed by atoms with E-state index in [1.807, 2.05) is 6.92 Å². The standard InChI is InChI=1S/C8Cl4N2.C7H8ClNO2S.CH4N2O.Na/c9-5-3(1-13)6(10)8(12)7(11)4(5)2-14;1-6-2-4-7(5-3-6)12(10,11)9-8;2-1(3)4;/h;2-5,9H,1H3;(H4,2,3,4);. The SMILES string of the molecule is Cc1ccc(S(=O)(=O)NCl)cc1.N#Cc1c(Cl)c(Cl)c(Cl)c(C#N)c1Cl.NC(N)=O.[Na]. The Morgan fingerprint density at radius 2 is 1.26 bits per heavy atom. The molecule has 0 aliphatic carbocycles. The van der Waals surface area contributed by atoms with Crippen LogP contribution in [0.15, 0.2) is 29.2 Å². The van der Waals surface area contributed by atoms with Gasteiger partial charge in [0.15, 0.2) is 0 Å². The van der Waals surface area contributed by atoms with Crippen molar-refractivity contribution in [3.63, 3.8) is 0 Å². The summed E-state index contributed by atoms with van der Waals surface area (Å²) in [4.78, 5) is 9.17. The summed E-state index contributed by atoms with van der Waals surface area (Å²) in [6, 6.07) is 9.08. The molecule has 2 rings (SSSR count). The van der Waals surface area contributed by atoms with Gasteiger partial charge in [0.1, 0.15) is 12.1 Å². The predicted octanol–water partition coefficient (Wildman–Crippen LogP) is 4.11. The van der Waals surface area contributed by atoms with Crippen LogP contribution in [0, 0.1) is 29.6 Å². The molecule has 0 heterocycles. The minimum absolute atomic E-state index is 0. The fraction of sp³-hybridized carbons (Fsp3) is 0.0625. The summed E-state index contributed by atoms with van der Waals surface area (Å²) in [7, 11) is -3.50. The van der Waals surface area contributed by atoms with Gasteiger partial charge in [0.05, 0.1) is 36.1 Å². The molecule has 0 fully saturated rings. The number of carbonyl (C=O) groups excluding carboxylic acids is 1. The third-order valence-electron chi connectivity index (χ3n) is 2.92. The van der Waals surface area contributed by atoms with Gasteiger partial charge in [-0.2, -0.15) is 10.5 Å². The number of nitrogens with one attached hydrogen (secondary N) is 1. The van der Waals surface area contributed by atoms with Gasteiger partial charge in [-0.25, -0.2) is 13.2 Å². The number of urea groups is 1. The Bertz CT molecular complexity index is 1070. The summed E-state index contributed by atoms with van der Waals surface area (Å²) in [5.74, 6) is 0. The van der Waals surface area contributed by atoms with E-state index in [4.69, 9.17) is 73.5 Å². The molecule has 8 nitrogen and oxygen atoms in total. The molecule has 0 spiro atoms. The molecule has 0 saturated carbocycles. The molecule has 0 aromatic heterocycles. The maximum absolute atomic E-state index is 11.1. The molecule has 0 unspecified atom stereocenters. The van der Waals surface area contributed by atoms with Crippen molar-refractivity contribution in [2.45, 2.75) is 11.8 Å². The van der Waals surface area contributed by atoms with Crippen LogP contribution >= 0.6 is 58.2 Å². The quantitative estimate of drug-likeness (QED) is 0.220. The monoisotopic (exact) mass is 552 g/mol. The van der Waals surface area contributed by atoms with Crippen molar-refractivity contribution >= 4 is 104 Å². The van der Waals surface area contributed by atoms with Crippen LogP contribution in [0.4, 0.5) is 4.79 Å². The van der Waals surface area contributed by atoms with Crippen molar-refractivity contribution in [1.82, 2.24) is 4.24 Å². The van der Waals surface area contributed by atoms with Gasteiger partial charge in [-0.15, -0.1) is 4.24 Å². The number of sulfonamides is 1. The maximum atomic E-state index is 11.1. The molecule has 2 aromatic rings. The second kappa shape index (κ2) is 15.0. The predicted molar refractivity (Wildman–Crippen MR) is 123 cm³/mol. The molecule has 0 aliphatic rings. The second-order valence-corrected chi connectivity index (χ2v) is 8.63. The number of hydrogen-bond acceptors (Lipinski definition) is 5. The number of rotatable bonds is 2. The Balaban J connectivity index is 0. The number of nitrogens with two attached hydrogens (primary N) is 2. The largest absolute Gasteiger partial charge is 0.352 e. The third kappa shape index (κ3) is 10.0. The normalized spacial score (nSPS) is 9.42. The first kappa shape index (κ1) is 32.2. The number of nitriles is 2. The third-order valence-corrected chi connectivity index (χ3v) is 6.33. The van der Waals surface area contributed by atoms with E-state index in [2.05, 4.69) is 11.5 Å². The minimum Gasteiger partial charge on any atom is -0.352 e. The first-order chi connectivity index (χ1) is 13.8. The van der Waals surface area contributed by atoms with Crippen LogP contribution in [0.3, 0.4) is 0 Å². The molecule has 31 heavy (non-hydrogen) atoms. The maximum Gasteiger partial charge on any atom is 0.309 e. The number of carbonyl (C=O) groups is 1. The van der Waals surface area contributed by atoms with Crippen LogP contribution in [0.1, 0.15) is 16.7 Å². The molecule has 2 aromatic carbocycles. The zero-order valence-corrected chi connectivity index (χ0v) is 22.5. The Kier molecular flexibility index (Phi) is 15.6. The van der Waals surface area contributed by atoms with Crippen LogP contribution < -0.4 is 15.7 Å². The molecule has 0 bridgehead atoms. The van der Waals surface area contributed by atoms with Crippen molar-refractivity contribution in [2.24, 2.45) is 11.5 Å². The van der Waals surface area contributed by atoms with Crippen molar-refractivity contribution < 1.29 is 13.2 Å². The smallest absolute Gasteiger partial charge is 0.309 e. The van der Waals surface area contributed by atoms with Crippen LogP contribution in [-0.4, -0.2) is 44.0 Å². The number of nitrogens with zero attached hydrogens (tertiary/aromatic N) is 2. The van der Waals surface area contributed by atoms with Crippen LogP contribution in [0.2, 0.25) is 20.1 Å². The fourth-order valence-electron chi connectivity index (χ4n) is 1.59. The molecular formula is C16H12Cl5N5NaO3S. The van der Waals surface area contributed by atoms with Gasteiger partial charge in [-0.3, -0.25) is 0 Å². The minimum atomic E-state index is -3.50. The summed E-state index contributed by atoms with van der Waals surface area (Å²) < 4.78 is 23.9. The number of hydrogen-bond donors (Lipinski definition) is 3. The number of benzene rings is 2. The van der Waals surface area contributed by atoms with E-state index >= 15 is 0 Å². The van der Waals surface area contributed by atoms with Gasteiger partial charge in [0, 0.05) is 29.6 Å². The first-order valence-electron chi connectivity index (χ1n) is 7.24. The Hall–Kier alpha value is -0.950. The zero-order valence-electron chi connectivity index (χ0n) is 15.9. The van der Waals surface area contributed by atoms with Gasteiger partial charge in [0.25, 0.3) is 10.0 Å². The molecule has 0 saturated heterocycles. The van der Waals surface area contributed by atoms with E-state index in [-0.39, 0.29) is 65.7 Å². The molecule has 5 N–H and O–H groups in total. The van der Waals surface area contributed by atoms with Crippen molar-refractivity contribution in [2.75, 3.05) is 0 Å². The summed E-state index contributed by atoms with van der Waals surface area (Å²) in [6.45, 7) is 1.88. The van der Waals surface area contributed by atoms with Gasteiger partial charge in [-0.05, 0) is 30.8 Å². The van der Waals surface area contributed by atoms with E-state index in [0.29, 0.717) is 0 Å². The number of amides is 2. The summed E-state index contributed by atoms with van der Waals surface area (Å²) in [6.07, 6.45) is 0.